The summed E-state index contributed by atoms with van der Waals surface area (Å²) in [5.41, 5.74) is 2.49. The number of hydrogen-bond donors (Lipinski definition) is 0. The van der Waals surface area contributed by atoms with Crippen molar-refractivity contribution < 1.29 is 4.84 Å². The maximum absolute atomic E-state index is 4.84. The highest BCUT2D eigenvalue weighted by Crippen LogP contribution is 2.09. The Morgan fingerprint density at radius 2 is 1.74 bits per heavy atom. The fourth-order valence-electron chi connectivity index (χ4n) is 1.50. The summed E-state index contributed by atoms with van der Waals surface area (Å²) in [7, 11) is 1.52. The Balaban J connectivity index is 2.29. The summed E-state index contributed by atoms with van der Waals surface area (Å²) < 4.78 is 1.03. The van der Waals surface area contributed by atoms with Crippen molar-refractivity contribution in [1.29, 1.82) is 0 Å². The van der Waals surface area contributed by atoms with Gasteiger partial charge in [-0.3, -0.25) is 0 Å². The molecule has 0 atom stereocenters. The zero-order valence-corrected chi connectivity index (χ0v) is 12.0. The van der Waals surface area contributed by atoms with Crippen molar-refractivity contribution >= 4 is 21.6 Å². The molecule has 0 aliphatic carbocycles. The smallest absolute Gasteiger partial charge is 0.160 e. The largest absolute Gasteiger partial charge is 0.398 e. The molecule has 0 saturated carbocycles. The van der Waals surface area contributed by atoms with Crippen molar-refractivity contribution in [2.75, 3.05) is 7.11 Å². The standard InChI is InChI=1S/C16H12BrNO/c1-19-18-16(14-5-3-2-4-6-14)12-9-13-7-10-15(17)11-8-13/h2-8,10-11H,1H3. The first-order valence-electron chi connectivity index (χ1n) is 5.74. The average Bonchev–Trinajstić information content (AvgIpc) is 2.46. The lowest BCUT2D eigenvalue weighted by atomic mass is 10.1. The van der Waals surface area contributed by atoms with Crippen molar-refractivity contribution in [2.24, 2.45) is 5.16 Å². The second kappa shape index (κ2) is 6.77. The molecule has 2 nitrogen and oxygen atoms in total. The molecule has 0 heterocycles. The molecule has 0 fully saturated rings. The van der Waals surface area contributed by atoms with E-state index >= 15 is 0 Å². The van der Waals surface area contributed by atoms with Crippen LogP contribution in [-0.4, -0.2) is 12.8 Å². The van der Waals surface area contributed by atoms with Crippen molar-refractivity contribution in [3.05, 3.63) is 70.2 Å². The molecule has 0 amide bonds. The monoisotopic (exact) mass is 313 g/mol. The highest BCUT2D eigenvalue weighted by atomic mass is 79.9. The number of hydrogen-bond acceptors (Lipinski definition) is 2. The molecular weight excluding hydrogens is 302 g/mol. The molecule has 0 radical (unpaired) electrons. The number of oxime groups is 1. The van der Waals surface area contributed by atoms with Crippen LogP contribution in [-0.2, 0) is 4.84 Å². The van der Waals surface area contributed by atoms with Gasteiger partial charge in [-0.05, 0) is 30.2 Å². The van der Waals surface area contributed by atoms with Crippen molar-refractivity contribution in [2.45, 2.75) is 0 Å². The normalized spacial score (nSPS) is 10.5. The van der Waals surface area contributed by atoms with E-state index < -0.39 is 0 Å². The van der Waals surface area contributed by atoms with Crippen LogP contribution in [0.5, 0.6) is 0 Å². The van der Waals surface area contributed by atoms with E-state index in [0.717, 1.165) is 15.6 Å². The summed E-state index contributed by atoms with van der Waals surface area (Å²) in [5, 5.41) is 3.96. The first-order chi connectivity index (χ1) is 9.29. The van der Waals surface area contributed by atoms with Crippen LogP contribution in [0.25, 0.3) is 0 Å². The van der Waals surface area contributed by atoms with Crippen LogP contribution >= 0.6 is 15.9 Å². The SMILES string of the molecule is CON=C(C#Cc1ccc(Br)cc1)c1ccccc1. The van der Waals surface area contributed by atoms with Gasteiger partial charge in [-0.15, -0.1) is 0 Å². The van der Waals surface area contributed by atoms with E-state index in [-0.39, 0.29) is 0 Å². The fourth-order valence-corrected chi connectivity index (χ4v) is 1.76. The van der Waals surface area contributed by atoms with Gasteiger partial charge in [-0.2, -0.15) is 0 Å². The van der Waals surface area contributed by atoms with Crippen LogP contribution in [0.2, 0.25) is 0 Å². The Bertz CT molecular complexity index is 621. The van der Waals surface area contributed by atoms with Gasteiger partial charge in [0.2, 0.25) is 0 Å². The third kappa shape index (κ3) is 3.97. The summed E-state index contributed by atoms with van der Waals surface area (Å²) in [4.78, 5) is 4.84. The highest BCUT2D eigenvalue weighted by molar-refractivity contribution is 9.10. The van der Waals surface area contributed by atoms with Gasteiger partial charge < -0.3 is 4.84 Å². The lowest BCUT2D eigenvalue weighted by Gasteiger charge is -1.97. The summed E-state index contributed by atoms with van der Waals surface area (Å²) in [6.07, 6.45) is 0. The zero-order chi connectivity index (χ0) is 13.5. The first kappa shape index (κ1) is 13.4. The van der Waals surface area contributed by atoms with Crippen LogP contribution in [0.3, 0.4) is 0 Å². The molecule has 94 valence electrons. The van der Waals surface area contributed by atoms with Gasteiger partial charge in [0, 0.05) is 15.6 Å². The number of rotatable bonds is 2. The van der Waals surface area contributed by atoms with E-state index in [1.807, 2.05) is 54.6 Å². The topological polar surface area (TPSA) is 21.6 Å². The molecule has 0 aromatic heterocycles. The van der Waals surface area contributed by atoms with E-state index in [1.54, 1.807) is 0 Å². The Morgan fingerprint density at radius 1 is 1.05 bits per heavy atom. The molecule has 0 N–H and O–H groups in total. The van der Waals surface area contributed by atoms with Crippen LogP contribution in [0, 0.1) is 11.8 Å². The predicted molar refractivity (Wildman–Crippen MR) is 81.0 cm³/mol. The second-order valence-electron chi connectivity index (χ2n) is 3.75. The molecule has 0 bridgehead atoms. The van der Waals surface area contributed by atoms with Gasteiger partial charge in [0.1, 0.15) is 7.11 Å². The summed E-state index contributed by atoms with van der Waals surface area (Å²) >= 11 is 3.40. The zero-order valence-electron chi connectivity index (χ0n) is 10.4. The second-order valence-corrected chi connectivity index (χ2v) is 4.66. The molecule has 2 aromatic rings. The predicted octanol–water partition coefficient (Wildman–Crippen LogP) is 3.85. The molecule has 0 aliphatic rings. The minimum atomic E-state index is 0.617. The molecule has 0 spiro atoms. The van der Waals surface area contributed by atoms with E-state index in [2.05, 4.69) is 32.9 Å². The van der Waals surface area contributed by atoms with Crippen LogP contribution in [0.1, 0.15) is 11.1 Å². The number of benzene rings is 2. The Hall–Kier alpha value is -2.05. The van der Waals surface area contributed by atoms with Gasteiger partial charge in [0.25, 0.3) is 0 Å². The number of nitrogens with zero attached hydrogens (tertiary/aromatic N) is 1. The quantitative estimate of drug-likeness (QED) is 0.469. The summed E-state index contributed by atoms with van der Waals surface area (Å²) in [6, 6.07) is 17.6. The molecular formula is C16H12BrNO. The molecule has 0 saturated heterocycles. The maximum atomic E-state index is 4.84. The van der Waals surface area contributed by atoms with Gasteiger partial charge in [-0.1, -0.05) is 57.3 Å². The minimum Gasteiger partial charge on any atom is -0.398 e. The molecule has 19 heavy (non-hydrogen) atoms. The van der Waals surface area contributed by atoms with Crippen LogP contribution in [0.4, 0.5) is 0 Å². The fraction of sp³-hybridized carbons (Fsp3) is 0.0625. The first-order valence-corrected chi connectivity index (χ1v) is 6.53. The van der Waals surface area contributed by atoms with Crippen molar-refractivity contribution in [1.82, 2.24) is 0 Å². The van der Waals surface area contributed by atoms with Crippen LogP contribution in [0.15, 0.2) is 64.2 Å². The molecule has 0 aliphatic heterocycles. The third-order valence-corrected chi connectivity index (χ3v) is 2.93. The lowest BCUT2D eigenvalue weighted by Crippen LogP contribution is -1.97. The molecule has 0 unspecified atom stereocenters. The van der Waals surface area contributed by atoms with Gasteiger partial charge in [0.15, 0.2) is 5.71 Å². The minimum absolute atomic E-state index is 0.617. The number of halogens is 1. The molecule has 3 heteroatoms. The Labute approximate surface area is 121 Å². The Kier molecular flexibility index (Phi) is 4.77. The third-order valence-electron chi connectivity index (χ3n) is 2.40. The highest BCUT2D eigenvalue weighted by Gasteiger charge is 1.99. The maximum Gasteiger partial charge on any atom is 0.160 e. The van der Waals surface area contributed by atoms with Crippen LogP contribution < -0.4 is 0 Å². The molecule has 2 aromatic carbocycles. The van der Waals surface area contributed by atoms with Crippen molar-refractivity contribution in [3.63, 3.8) is 0 Å². The van der Waals surface area contributed by atoms with Gasteiger partial charge in [0.05, 0.1) is 0 Å². The summed E-state index contributed by atoms with van der Waals surface area (Å²) in [6.45, 7) is 0. The van der Waals surface area contributed by atoms with Crippen molar-refractivity contribution in [3.8, 4) is 11.8 Å². The summed E-state index contributed by atoms with van der Waals surface area (Å²) in [5.74, 6) is 6.11. The van der Waals surface area contributed by atoms with E-state index in [9.17, 15) is 0 Å². The molecule has 2 rings (SSSR count). The Morgan fingerprint density at radius 3 is 2.37 bits per heavy atom. The van der Waals surface area contributed by atoms with E-state index in [0.29, 0.717) is 5.71 Å². The average molecular weight is 314 g/mol. The van der Waals surface area contributed by atoms with Gasteiger partial charge >= 0.3 is 0 Å². The van der Waals surface area contributed by atoms with E-state index in [1.165, 1.54) is 7.11 Å². The van der Waals surface area contributed by atoms with E-state index in [4.69, 9.17) is 4.84 Å². The van der Waals surface area contributed by atoms with Gasteiger partial charge in [-0.25, -0.2) is 0 Å². The lowest BCUT2D eigenvalue weighted by molar-refractivity contribution is 0.214.